The second-order valence-electron chi connectivity index (χ2n) is 9.34. The molecule has 4 aromatic carbocycles. The minimum absolute atomic E-state index is 0.303. The quantitative estimate of drug-likeness (QED) is 0.112. The Morgan fingerprint density at radius 2 is 0.684 bits per heavy atom. The van der Waals surface area contributed by atoms with E-state index in [0.29, 0.717) is 0 Å². The Hall–Kier alpha value is -2.12. The zero-order valence-corrected chi connectivity index (χ0v) is 25.4. The Balaban J connectivity index is 0.000000215. The molecule has 6 heteroatoms. The first-order valence-electron chi connectivity index (χ1n) is 12.4. The van der Waals surface area contributed by atoms with Crippen LogP contribution in [0.25, 0.3) is 0 Å². The van der Waals surface area contributed by atoms with E-state index in [9.17, 15) is 0 Å². The third-order valence-electron chi connectivity index (χ3n) is 5.95. The first kappa shape index (κ1) is 30.4. The Bertz CT molecular complexity index is 1120. The SMILES string of the molecule is COc1ccc(CC(S)(S)Cc2ccc(OC)cc2)cc1.SC(S)(Cc1ccccc1)Cc1ccccc1. The number of ether oxygens (including phenoxy) is 2. The highest BCUT2D eigenvalue weighted by atomic mass is 32.2. The number of hydrogen-bond acceptors (Lipinski definition) is 6. The van der Waals surface area contributed by atoms with E-state index in [-0.39, 0.29) is 4.08 Å². The van der Waals surface area contributed by atoms with Crippen LogP contribution in [0.15, 0.2) is 109 Å². The minimum atomic E-state index is -0.400. The van der Waals surface area contributed by atoms with Crippen LogP contribution in [0.4, 0.5) is 0 Å². The van der Waals surface area contributed by atoms with E-state index in [4.69, 9.17) is 34.7 Å². The van der Waals surface area contributed by atoms with Gasteiger partial charge in [-0.2, -0.15) is 50.5 Å². The van der Waals surface area contributed by atoms with Crippen molar-refractivity contribution in [2.75, 3.05) is 14.2 Å². The maximum absolute atomic E-state index is 5.17. The van der Waals surface area contributed by atoms with Crippen LogP contribution < -0.4 is 9.47 Å². The summed E-state index contributed by atoms with van der Waals surface area (Å²) in [5.41, 5.74) is 4.92. The van der Waals surface area contributed by atoms with Gasteiger partial charge in [-0.1, -0.05) is 84.9 Å². The van der Waals surface area contributed by atoms with E-state index in [2.05, 4.69) is 73.8 Å². The molecule has 0 aliphatic rings. The maximum atomic E-state index is 5.17. The zero-order valence-electron chi connectivity index (χ0n) is 21.8. The lowest BCUT2D eigenvalue weighted by molar-refractivity contribution is 0.414. The maximum Gasteiger partial charge on any atom is 0.118 e. The lowest BCUT2D eigenvalue weighted by atomic mass is 10.0. The van der Waals surface area contributed by atoms with Gasteiger partial charge in [0.25, 0.3) is 0 Å². The van der Waals surface area contributed by atoms with Crippen molar-refractivity contribution < 1.29 is 9.47 Å². The molecule has 0 heterocycles. The Labute approximate surface area is 249 Å². The first-order valence-corrected chi connectivity index (χ1v) is 14.2. The molecule has 0 radical (unpaired) electrons. The molecule has 0 aliphatic carbocycles. The Morgan fingerprint density at radius 3 is 0.947 bits per heavy atom. The summed E-state index contributed by atoms with van der Waals surface area (Å²) >= 11 is 18.8. The van der Waals surface area contributed by atoms with Crippen LogP contribution in [0.1, 0.15) is 22.3 Å². The van der Waals surface area contributed by atoms with Gasteiger partial charge in [-0.15, -0.1) is 0 Å². The highest BCUT2D eigenvalue weighted by Crippen LogP contribution is 2.31. The molecule has 0 bridgehead atoms. The molecule has 0 spiro atoms. The second kappa shape index (κ2) is 14.9. The summed E-state index contributed by atoms with van der Waals surface area (Å²) in [6, 6.07) is 36.8. The van der Waals surface area contributed by atoms with Crippen molar-refractivity contribution in [2.24, 2.45) is 0 Å². The topological polar surface area (TPSA) is 18.5 Å². The summed E-state index contributed by atoms with van der Waals surface area (Å²) in [5, 5.41) is 0. The smallest absolute Gasteiger partial charge is 0.118 e. The molecule has 0 N–H and O–H groups in total. The average molecular weight is 581 g/mol. The van der Waals surface area contributed by atoms with Crippen molar-refractivity contribution in [3.05, 3.63) is 131 Å². The lowest BCUT2D eigenvalue weighted by Crippen LogP contribution is -2.20. The van der Waals surface area contributed by atoms with Crippen LogP contribution in [-0.2, 0) is 25.7 Å². The highest BCUT2D eigenvalue weighted by Gasteiger charge is 2.22. The average Bonchev–Trinajstić information content (AvgIpc) is 2.90. The summed E-state index contributed by atoms with van der Waals surface area (Å²) in [4.78, 5) is 0. The van der Waals surface area contributed by atoms with E-state index in [1.165, 1.54) is 22.3 Å². The van der Waals surface area contributed by atoms with Gasteiger partial charge < -0.3 is 9.47 Å². The molecule has 0 aromatic heterocycles. The van der Waals surface area contributed by atoms with Gasteiger partial charge in [0, 0.05) is 0 Å². The molecule has 2 nitrogen and oxygen atoms in total. The summed E-state index contributed by atoms with van der Waals surface area (Å²) in [5.74, 6) is 1.72. The van der Waals surface area contributed by atoms with Crippen LogP contribution in [0.5, 0.6) is 11.5 Å². The molecule has 4 aromatic rings. The van der Waals surface area contributed by atoms with Crippen molar-refractivity contribution in [1.29, 1.82) is 0 Å². The fourth-order valence-corrected chi connectivity index (χ4v) is 5.57. The number of rotatable bonds is 10. The number of benzene rings is 4. The van der Waals surface area contributed by atoms with Crippen LogP contribution in [0, 0.1) is 0 Å². The van der Waals surface area contributed by atoms with Gasteiger partial charge in [-0.25, -0.2) is 0 Å². The van der Waals surface area contributed by atoms with Crippen molar-refractivity contribution >= 4 is 50.5 Å². The largest absolute Gasteiger partial charge is 0.497 e. The predicted octanol–water partition coefficient (Wildman–Crippen LogP) is 8.07. The van der Waals surface area contributed by atoms with E-state index in [0.717, 1.165) is 37.2 Å². The van der Waals surface area contributed by atoms with E-state index < -0.39 is 4.08 Å². The third kappa shape index (κ3) is 10.9. The molecule has 0 atom stereocenters. The standard InChI is InChI=1S/C17H20O2S2.C15H16S2/c1-18-15-7-3-13(4-8-15)11-17(20,21)12-14-5-9-16(19-2)10-6-14;16-15(17,11-13-7-3-1-4-8-13)12-14-9-5-2-6-10-14/h3-10,20-21H,11-12H2,1-2H3;1-10,16-17H,11-12H2. The number of hydrogen-bond donors (Lipinski definition) is 4. The van der Waals surface area contributed by atoms with Crippen LogP contribution in [-0.4, -0.2) is 22.4 Å². The van der Waals surface area contributed by atoms with Crippen molar-refractivity contribution in [3.63, 3.8) is 0 Å². The number of methoxy groups -OCH3 is 2. The van der Waals surface area contributed by atoms with Gasteiger partial charge >= 0.3 is 0 Å². The Kier molecular flexibility index (Phi) is 11.9. The minimum Gasteiger partial charge on any atom is -0.497 e. The monoisotopic (exact) mass is 580 g/mol. The molecule has 200 valence electrons. The summed E-state index contributed by atoms with van der Waals surface area (Å²) in [6.45, 7) is 0. The summed E-state index contributed by atoms with van der Waals surface area (Å²) in [6.07, 6.45) is 3.26. The normalized spacial score (nSPS) is 11.3. The van der Waals surface area contributed by atoms with Crippen molar-refractivity contribution in [2.45, 2.75) is 33.8 Å². The van der Waals surface area contributed by atoms with Crippen LogP contribution in [0.2, 0.25) is 0 Å². The molecule has 0 saturated carbocycles. The fraction of sp³-hybridized carbons (Fsp3) is 0.250. The molecule has 4 rings (SSSR count). The molecular formula is C32H36O2S4. The van der Waals surface area contributed by atoms with Crippen LogP contribution in [0.3, 0.4) is 0 Å². The zero-order chi connectivity index (χ0) is 27.4. The molecule has 0 amide bonds. The van der Waals surface area contributed by atoms with Crippen LogP contribution >= 0.6 is 50.5 Å². The van der Waals surface area contributed by atoms with E-state index >= 15 is 0 Å². The molecule has 0 aliphatic heterocycles. The first-order chi connectivity index (χ1) is 18.2. The van der Waals surface area contributed by atoms with E-state index in [1.807, 2.05) is 60.7 Å². The fourth-order valence-electron chi connectivity index (χ4n) is 4.11. The van der Waals surface area contributed by atoms with Gasteiger partial charge in [0.2, 0.25) is 0 Å². The van der Waals surface area contributed by atoms with Crippen molar-refractivity contribution in [3.8, 4) is 11.5 Å². The predicted molar refractivity (Wildman–Crippen MR) is 175 cm³/mol. The number of thiol groups is 4. The summed E-state index contributed by atoms with van der Waals surface area (Å²) < 4.78 is 9.63. The molecular weight excluding hydrogens is 545 g/mol. The molecule has 0 fully saturated rings. The summed E-state index contributed by atoms with van der Waals surface area (Å²) in [7, 11) is 3.33. The second-order valence-corrected chi connectivity index (χ2v) is 13.5. The van der Waals surface area contributed by atoms with Gasteiger partial charge in [-0.3, -0.25) is 0 Å². The molecule has 0 saturated heterocycles. The van der Waals surface area contributed by atoms with Crippen molar-refractivity contribution in [1.82, 2.24) is 0 Å². The van der Waals surface area contributed by atoms with Gasteiger partial charge in [-0.05, 0) is 72.2 Å². The molecule has 38 heavy (non-hydrogen) atoms. The lowest BCUT2D eigenvalue weighted by Gasteiger charge is -2.23. The van der Waals surface area contributed by atoms with Gasteiger partial charge in [0.05, 0.1) is 22.4 Å². The highest BCUT2D eigenvalue weighted by molar-refractivity contribution is 8.00. The molecule has 0 unspecified atom stereocenters. The van der Waals surface area contributed by atoms with E-state index in [1.54, 1.807) is 14.2 Å². The van der Waals surface area contributed by atoms with Gasteiger partial charge in [0.15, 0.2) is 0 Å². The third-order valence-corrected chi connectivity index (χ3v) is 7.22. The Morgan fingerprint density at radius 1 is 0.421 bits per heavy atom. The van der Waals surface area contributed by atoms with Gasteiger partial charge in [0.1, 0.15) is 11.5 Å².